The smallest absolute Gasteiger partial charge is 0.411 e. The van der Waals surface area contributed by atoms with Crippen LogP contribution in [-0.4, -0.2) is 65.7 Å². The van der Waals surface area contributed by atoms with E-state index in [1.807, 2.05) is 58.7 Å². The van der Waals surface area contributed by atoms with Gasteiger partial charge < -0.3 is 19.4 Å². The molecule has 10 nitrogen and oxygen atoms in total. The van der Waals surface area contributed by atoms with E-state index in [1.165, 1.54) is 0 Å². The minimum absolute atomic E-state index is 0.108. The Kier molecular flexibility index (Phi) is 7.67. The number of nitrogens with one attached hydrogen (secondary N) is 2. The number of ether oxygens (including phenoxy) is 2. The number of halogens is 1. The van der Waals surface area contributed by atoms with E-state index in [1.54, 1.807) is 4.90 Å². The van der Waals surface area contributed by atoms with Crippen LogP contribution in [0.25, 0.3) is 44.2 Å². The van der Waals surface area contributed by atoms with Crippen LogP contribution in [0.2, 0.25) is 5.02 Å². The monoisotopic (exact) mass is 694 g/mol. The fourth-order valence-electron chi connectivity index (χ4n) is 7.57. The lowest BCUT2D eigenvalue weighted by molar-refractivity contribution is 0.0172. The molecule has 1 saturated carbocycles. The molecule has 3 aromatic carbocycles. The Labute approximate surface area is 296 Å². The Morgan fingerprint density at radius 1 is 0.820 bits per heavy atom. The van der Waals surface area contributed by atoms with Gasteiger partial charge in [0, 0.05) is 23.4 Å². The van der Waals surface area contributed by atoms with Crippen molar-refractivity contribution < 1.29 is 19.1 Å². The molecule has 2 aliphatic heterocycles. The molecule has 11 heteroatoms. The number of amides is 2. The Morgan fingerprint density at radius 2 is 1.52 bits per heavy atom. The summed E-state index contributed by atoms with van der Waals surface area (Å²) in [5.41, 5.74) is 4.57. The first-order chi connectivity index (χ1) is 23.7. The summed E-state index contributed by atoms with van der Waals surface area (Å²) in [4.78, 5) is 46.3. The predicted molar refractivity (Wildman–Crippen MR) is 194 cm³/mol. The average molecular weight is 695 g/mol. The van der Waals surface area contributed by atoms with E-state index in [4.69, 9.17) is 31.0 Å². The molecule has 2 aromatic heterocycles. The lowest BCUT2D eigenvalue weighted by Gasteiger charge is -2.29. The molecule has 50 heavy (non-hydrogen) atoms. The van der Waals surface area contributed by atoms with Gasteiger partial charge in [0.05, 0.1) is 40.0 Å². The number of H-pyrrole nitrogens is 2. The van der Waals surface area contributed by atoms with Crippen molar-refractivity contribution in [3.63, 3.8) is 0 Å². The van der Waals surface area contributed by atoms with Gasteiger partial charge in [-0.05, 0) is 102 Å². The topological polar surface area (TPSA) is 116 Å². The highest BCUT2D eigenvalue weighted by atomic mass is 35.5. The molecule has 4 unspecified atom stereocenters. The molecule has 3 fully saturated rings. The average Bonchev–Trinajstić information content (AvgIpc) is 3.56. The van der Waals surface area contributed by atoms with E-state index in [0.29, 0.717) is 17.5 Å². The second-order valence-electron chi connectivity index (χ2n) is 15.9. The zero-order valence-electron chi connectivity index (χ0n) is 29.3. The van der Waals surface area contributed by atoms with Gasteiger partial charge in [0.25, 0.3) is 0 Å². The van der Waals surface area contributed by atoms with Gasteiger partial charge in [-0.2, -0.15) is 0 Å². The van der Waals surface area contributed by atoms with Crippen LogP contribution in [0.15, 0.2) is 54.7 Å². The summed E-state index contributed by atoms with van der Waals surface area (Å²) in [5.74, 6) is 2.06. The molecule has 4 heterocycles. The molecule has 3 aliphatic rings. The number of fused-ring (bicyclic) bond motifs is 4. The number of benzene rings is 3. The van der Waals surface area contributed by atoms with Crippen LogP contribution in [-0.2, 0) is 9.47 Å². The molecule has 2 N–H and O–H groups in total. The van der Waals surface area contributed by atoms with Crippen molar-refractivity contribution in [2.45, 2.75) is 96.6 Å². The van der Waals surface area contributed by atoms with Gasteiger partial charge in [0.15, 0.2) is 0 Å². The highest BCUT2D eigenvalue weighted by molar-refractivity contribution is 6.37. The molecular weight excluding hydrogens is 652 g/mol. The lowest BCUT2D eigenvalue weighted by Crippen LogP contribution is -2.38. The van der Waals surface area contributed by atoms with Gasteiger partial charge in [-0.25, -0.2) is 19.6 Å². The molecule has 0 bridgehead atoms. The number of hydrogen-bond acceptors (Lipinski definition) is 6. The van der Waals surface area contributed by atoms with Crippen LogP contribution in [0.5, 0.6) is 0 Å². The Morgan fingerprint density at radius 3 is 2.26 bits per heavy atom. The molecule has 2 amide bonds. The van der Waals surface area contributed by atoms with Crippen molar-refractivity contribution in [2.75, 3.05) is 6.54 Å². The van der Waals surface area contributed by atoms with E-state index < -0.39 is 11.2 Å². The number of carbonyl (C=O) groups excluding carboxylic acids is 2. The maximum Gasteiger partial charge on any atom is 0.411 e. The predicted octanol–water partition coefficient (Wildman–Crippen LogP) is 9.57. The molecule has 4 atom stereocenters. The van der Waals surface area contributed by atoms with Gasteiger partial charge in [-0.3, -0.25) is 9.80 Å². The highest BCUT2D eigenvalue weighted by Crippen LogP contribution is 2.53. The van der Waals surface area contributed by atoms with Crippen molar-refractivity contribution in [3.8, 4) is 22.4 Å². The Hall–Kier alpha value is -4.57. The number of aromatic amines is 2. The molecule has 1 aliphatic carbocycles. The maximum absolute atomic E-state index is 13.1. The largest absolute Gasteiger partial charge is 0.444 e. The van der Waals surface area contributed by atoms with Crippen LogP contribution >= 0.6 is 11.6 Å². The first-order valence-corrected chi connectivity index (χ1v) is 17.9. The van der Waals surface area contributed by atoms with Gasteiger partial charge in [0.2, 0.25) is 0 Å². The molecule has 8 rings (SSSR count). The summed E-state index contributed by atoms with van der Waals surface area (Å²) in [7, 11) is 0. The fraction of sp³-hybridized carbons (Fsp3) is 0.436. The summed E-state index contributed by atoms with van der Waals surface area (Å²) in [6, 6.07) is 16.5. The van der Waals surface area contributed by atoms with Crippen molar-refractivity contribution in [2.24, 2.45) is 5.92 Å². The summed E-state index contributed by atoms with van der Waals surface area (Å²) in [6.45, 7) is 12.0. The number of hydrogen-bond donors (Lipinski definition) is 2. The van der Waals surface area contributed by atoms with Crippen molar-refractivity contribution in [1.82, 2.24) is 29.7 Å². The maximum atomic E-state index is 13.1. The first kappa shape index (κ1) is 32.6. The number of nitrogens with zero attached hydrogens (tertiary/aromatic N) is 4. The molecular formula is C39H43ClN6O4. The Balaban J connectivity index is 1.02. The second kappa shape index (κ2) is 11.8. The number of rotatable bonds is 4. The van der Waals surface area contributed by atoms with Crippen LogP contribution in [0, 0.1) is 5.92 Å². The second-order valence-corrected chi connectivity index (χ2v) is 16.3. The number of carbonyl (C=O) groups is 2. The number of piperidine rings is 1. The van der Waals surface area contributed by atoms with E-state index in [-0.39, 0.29) is 30.3 Å². The third kappa shape index (κ3) is 6.08. The van der Waals surface area contributed by atoms with Gasteiger partial charge >= 0.3 is 12.2 Å². The van der Waals surface area contributed by atoms with Crippen LogP contribution in [0.3, 0.4) is 0 Å². The van der Waals surface area contributed by atoms with Gasteiger partial charge in [-0.15, -0.1) is 0 Å². The fourth-order valence-corrected chi connectivity index (χ4v) is 7.83. The minimum Gasteiger partial charge on any atom is -0.444 e. The van der Waals surface area contributed by atoms with E-state index in [9.17, 15) is 9.59 Å². The van der Waals surface area contributed by atoms with Crippen molar-refractivity contribution in [1.29, 1.82) is 0 Å². The number of likely N-dealkylation sites (tertiary alicyclic amines) is 2. The van der Waals surface area contributed by atoms with Crippen LogP contribution < -0.4 is 0 Å². The van der Waals surface area contributed by atoms with Crippen molar-refractivity contribution in [3.05, 3.63) is 71.4 Å². The molecule has 0 radical (unpaired) electrons. The summed E-state index contributed by atoms with van der Waals surface area (Å²) in [5, 5.41) is 2.50. The first-order valence-electron chi connectivity index (χ1n) is 17.5. The van der Waals surface area contributed by atoms with Crippen LogP contribution in [0.1, 0.15) is 91.0 Å². The Bertz CT molecular complexity index is 2120. The van der Waals surface area contributed by atoms with Crippen molar-refractivity contribution >= 4 is 45.6 Å². The SMILES string of the molecule is CC(C)(C)OC(=O)N1CCCC1c1nc2c(cc(Cl)c3cc(-c4ccc(-c5cnc(C6CC7CC7N6C(=O)OC(C)(C)C)[nH]5)cc4)ccc32)[nH]1. The van der Waals surface area contributed by atoms with E-state index >= 15 is 0 Å². The van der Waals surface area contributed by atoms with E-state index in [2.05, 4.69) is 52.4 Å². The normalized spacial score (nSPS) is 22.0. The highest BCUT2D eigenvalue weighted by Gasteiger charge is 2.56. The molecule has 2 saturated heterocycles. The van der Waals surface area contributed by atoms with Crippen LogP contribution in [0.4, 0.5) is 9.59 Å². The third-order valence-electron chi connectivity index (χ3n) is 9.90. The third-order valence-corrected chi connectivity index (χ3v) is 10.2. The van der Waals surface area contributed by atoms with Gasteiger partial charge in [-0.1, -0.05) is 48.0 Å². The van der Waals surface area contributed by atoms with Gasteiger partial charge in [0.1, 0.15) is 22.9 Å². The number of imidazole rings is 2. The summed E-state index contributed by atoms with van der Waals surface area (Å²) in [6.07, 6.45) is 4.90. The summed E-state index contributed by atoms with van der Waals surface area (Å²) >= 11 is 6.87. The quantitative estimate of drug-likeness (QED) is 0.194. The lowest BCUT2D eigenvalue weighted by atomic mass is 9.99. The minimum atomic E-state index is -0.565. The number of aromatic nitrogens is 4. The zero-order valence-corrected chi connectivity index (χ0v) is 30.1. The molecule has 260 valence electrons. The zero-order chi connectivity index (χ0) is 35.1. The van der Waals surface area contributed by atoms with E-state index in [0.717, 1.165) is 81.5 Å². The summed E-state index contributed by atoms with van der Waals surface area (Å²) < 4.78 is 11.4. The molecule has 0 spiro atoms. The molecule has 5 aromatic rings. The standard InChI is InChI=1S/C39H43ClN6O4/c1-38(2,3)49-36(47)45-15-7-8-30(45)35-42-28-19-27(40)26-16-23(13-14-25(26)33(28)44-35)21-9-11-22(12-10-21)29-20-41-34(43-29)32-18-24-17-31(24)46(32)37(48)50-39(4,5)6/h9-14,16,19-20,24,30-32H,7-8,15,17-18H2,1-6H3,(H,41,43)(H,42,44).